The van der Waals surface area contributed by atoms with Crippen LogP contribution in [0, 0.1) is 6.92 Å². The van der Waals surface area contributed by atoms with Crippen LogP contribution in [-0.2, 0) is 33.6 Å². The average molecular weight is 449 g/mol. The molecule has 0 atom stereocenters. The van der Waals surface area contributed by atoms with Gasteiger partial charge in [-0.3, -0.25) is 4.79 Å². The van der Waals surface area contributed by atoms with E-state index in [9.17, 15) is 31.5 Å². The van der Waals surface area contributed by atoms with E-state index in [1.807, 2.05) is 0 Å². The summed E-state index contributed by atoms with van der Waals surface area (Å²) in [6.45, 7) is 1.45. The fourth-order valence-corrected chi connectivity index (χ4v) is 3.86. The Kier molecular flexibility index (Phi) is 6.82. The number of hydrogen-bond acceptors (Lipinski definition) is 7. The smallest absolute Gasteiger partial charge is 0.418 e. The predicted octanol–water partition coefficient (Wildman–Crippen LogP) is 2.29. The second-order valence-corrected chi connectivity index (χ2v) is 8.88. The zero-order valence-corrected chi connectivity index (χ0v) is 17.6. The second-order valence-electron chi connectivity index (χ2n) is 6.74. The summed E-state index contributed by atoms with van der Waals surface area (Å²) in [7, 11) is -1.07. The highest BCUT2D eigenvalue weighted by Gasteiger charge is 2.37. The molecule has 0 aliphatic carbocycles. The minimum absolute atomic E-state index is 0.0504. The lowest BCUT2D eigenvalue weighted by Crippen LogP contribution is -2.20. The number of halogens is 3. The number of nitrogens with one attached hydrogen (secondary N) is 1. The van der Waals surface area contributed by atoms with Crippen LogP contribution in [0.3, 0.4) is 0 Å². The quantitative estimate of drug-likeness (QED) is 0.470. The Balaban J connectivity index is 2.78. The van der Waals surface area contributed by atoms with E-state index in [4.69, 9.17) is 4.74 Å². The minimum atomic E-state index is -4.80. The summed E-state index contributed by atoms with van der Waals surface area (Å²) in [6.07, 6.45) is -3.94. The van der Waals surface area contributed by atoms with E-state index in [0.29, 0.717) is 6.07 Å². The molecule has 1 aromatic heterocycles. The number of ketones is 1. The highest BCUT2D eigenvalue weighted by atomic mass is 32.2. The maximum Gasteiger partial charge on any atom is 0.418 e. The Morgan fingerprint density at radius 3 is 2.43 bits per heavy atom. The summed E-state index contributed by atoms with van der Waals surface area (Å²) in [6, 6.07) is 1.62. The average Bonchev–Trinajstić information content (AvgIpc) is 2.85. The van der Waals surface area contributed by atoms with Gasteiger partial charge in [0, 0.05) is 38.1 Å². The molecule has 166 valence electrons. The molecule has 1 aromatic carbocycles. The molecule has 2 rings (SSSR count). The Morgan fingerprint density at radius 1 is 1.33 bits per heavy atom. The molecule has 0 saturated carbocycles. The number of carbonyl (C=O) groups is 1. The third-order valence-electron chi connectivity index (χ3n) is 4.30. The third-order valence-corrected chi connectivity index (χ3v) is 5.11. The molecule has 0 fully saturated rings. The van der Waals surface area contributed by atoms with Crippen molar-refractivity contribution in [1.82, 2.24) is 9.78 Å². The molecule has 1 heterocycles. The number of sulfone groups is 1. The first-order chi connectivity index (χ1) is 13.8. The van der Waals surface area contributed by atoms with Gasteiger partial charge >= 0.3 is 6.18 Å². The van der Waals surface area contributed by atoms with Crippen molar-refractivity contribution in [3.05, 3.63) is 40.1 Å². The summed E-state index contributed by atoms with van der Waals surface area (Å²) in [5.74, 6) is -2.12. The molecule has 0 saturated heterocycles. The first kappa shape index (κ1) is 23.7. The Hall–Kier alpha value is -2.60. The first-order valence-electron chi connectivity index (χ1n) is 8.68. The molecule has 2 aromatic rings. The third kappa shape index (κ3) is 5.11. The van der Waals surface area contributed by atoms with Crippen LogP contribution in [0.5, 0.6) is 5.88 Å². The lowest BCUT2D eigenvalue weighted by Gasteiger charge is -2.21. The Morgan fingerprint density at radius 2 is 1.97 bits per heavy atom. The predicted molar refractivity (Wildman–Crippen MR) is 103 cm³/mol. The molecular weight excluding hydrogens is 427 g/mol. The van der Waals surface area contributed by atoms with E-state index in [1.54, 1.807) is 0 Å². The standard InChI is InChI=1S/C18H22F3N3O5S/c1-10-14(17(26)24(2)23-10)16(25)11-5-6-13(18(19,20)21)15(22-7-8-29-3)12(11)9-30(4,27)28/h5-6,22,26H,7-9H2,1-4H3. The number of benzene rings is 1. The minimum Gasteiger partial charge on any atom is -0.493 e. The summed E-state index contributed by atoms with van der Waals surface area (Å²) < 4.78 is 70.6. The molecule has 0 bridgehead atoms. The number of aromatic nitrogens is 2. The van der Waals surface area contributed by atoms with E-state index in [1.165, 1.54) is 21.1 Å². The molecule has 0 aliphatic rings. The number of nitrogens with zero attached hydrogens (tertiary/aromatic N) is 2. The van der Waals surface area contributed by atoms with Gasteiger partial charge in [-0.15, -0.1) is 0 Å². The van der Waals surface area contributed by atoms with E-state index in [0.717, 1.165) is 17.0 Å². The van der Waals surface area contributed by atoms with Crippen molar-refractivity contribution in [2.45, 2.75) is 18.9 Å². The Labute approximate surface area is 171 Å². The molecule has 12 heteroatoms. The van der Waals surface area contributed by atoms with Gasteiger partial charge in [0.25, 0.3) is 0 Å². The van der Waals surface area contributed by atoms with Gasteiger partial charge in [0.2, 0.25) is 11.7 Å². The van der Waals surface area contributed by atoms with Crippen LogP contribution < -0.4 is 5.32 Å². The second kappa shape index (κ2) is 8.64. The molecule has 0 amide bonds. The fraction of sp³-hybridized carbons (Fsp3) is 0.444. The number of alkyl halides is 3. The Bertz CT molecular complexity index is 1060. The maximum absolute atomic E-state index is 13.6. The highest BCUT2D eigenvalue weighted by molar-refractivity contribution is 7.89. The zero-order valence-electron chi connectivity index (χ0n) is 16.8. The number of aromatic hydroxyl groups is 1. The van der Waals surface area contributed by atoms with E-state index >= 15 is 0 Å². The van der Waals surface area contributed by atoms with Gasteiger partial charge in [-0.1, -0.05) is 0 Å². The fourth-order valence-electron chi connectivity index (χ4n) is 3.04. The number of hydrogen-bond donors (Lipinski definition) is 2. The topological polar surface area (TPSA) is 111 Å². The van der Waals surface area contributed by atoms with Gasteiger partial charge in [-0.2, -0.15) is 18.3 Å². The van der Waals surface area contributed by atoms with Gasteiger partial charge in [0.1, 0.15) is 5.56 Å². The number of ether oxygens (including phenoxy) is 1. The lowest BCUT2D eigenvalue weighted by molar-refractivity contribution is -0.137. The zero-order chi connectivity index (χ0) is 22.9. The van der Waals surface area contributed by atoms with Gasteiger partial charge in [0.05, 0.1) is 29.3 Å². The molecule has 0 unspecified atom stereocenters. The van der Waals surface area contributed by atoms with Crippen LogP contribution in [0.1, 0.15) is 32.7 Å². The highest BCUT2D eigenvalue weighted by Crippen LogP contribution is 2.39. The van der Waals surface area contributed by atoms with Crippen LogP contribution in [0.4, 0.5) is 18.9 Å². The molecule has 30 heavy (non-hydrogen) atoms. The summed E-state index contributed by atoms with van der Waals surface area (Å²) in [5.41, 5.74) is -2.30. The van der Waals surface area contributed by atoms with Crippen molar-refractivity contribution in [1.29, 1.82) is 0 Å². The van der Waals surface area contributed by atoms with E-state index in [2.05, 4.69) is 10.4 Å². The summed E-state index contributed by atoms with van der Waals surface area (Å²) in [5, 5.41) is 16.6. The molecule has 2 N–H and O–H groups in total. The molecule has 8 nitrogen and oxygen atoms in total. The number of carbonyl (C=O) groups excluding carboxylic acids is 1. The van der Waals surface area contributed by atoms with Crippen LogP contribution in [-0.4, -0.2) is 55.6 Å². The normalized spacial score (nSPS) is 12.2. The van der Waals surface area contributed by atoms with Crippen molar-refractivity contribution in [2.24, 2.45) is 7.05 Å². The van der Waals surface area contributed by atoms with Crippen molar-refractivity contribution in [3.8, 4) is 5.88 Å². The number of aryl methyl sites for hydroxylation is 2. The largest absolute Gasteiger partial charge is 0.493 e. The first-order valence-corrected chi connectivity index (χ1v) is 10.7. The van der Waals surface area contributed by atoms with Crippen LogP contribution in [0.2, 0.25) is 0 Å². The van der Waals surface area contributed by atoms with Gasteiger partial charge in [0.15, 0.2) is 9.84 Å². The van der Waals surface area contributed by atoms with Crippen LogP contribution in [0.15, 0.2) is 12.1 Å². The monoisotopic (exact) mass is 449 g/mol. The van der Waals surface area contributed by atoms with Crippen LogP contribution >= 0.6 is 0 Å². The number of rotatable bonds is 8. The van der Waals surface area contributed by atoms with Crippen molar-refractivity contribution >= 4 is 21.3 Å². The maximum atomic E-state index is 13.6. The van der Waals surface area contributed by atoms with Gasteiger partial charge < -0.3 is 15.2 Å². The van der Waals surface area contributed by atoms with E-state index < -0.39 is 44.7 Å². The van der Waals surface area contributed by atoms with Crippen LogP contribution in [0.25, 0.3) is 0 Å². The number of methoxy groups -OCH3 is 1. The molecule has 0 spiro atoms. The van der Waals surface area contributed by atoms with E-state index in [-0.39, 0.29) is 35.5 Å². The van der Waals surface area contributed by atoms with Crippen molar-refractivity contribution in [3.63, 3.8) is 0 Å². The van der Waals surface area contributed by atoms with Gasteiger partial charge in [-0.25, -0.2) is 13.1 Å². The molecule has 0 aliphatic heterocycles. The SMILES string of the molecule is COCCNc1c(C(F)(F)F)ccc(C(=O)c2c(C)nn(C)c2O)c1CS(C)(=O)=O. The summed E-state index contributed by atoms with van der Waals surface area (Å²) in [4.78, 5) is 13.1. The van der Waals surface area contributed by atoms with Crippen molar-refractivity contribution in [2.75, 3.05) is 31.8 Å². The van der Waals surface area contributed by atoms with Crippen molar-refractivity contribution < 1.29 is 36.2 Å². The van der Waals surface area contributed by atoms with Gasteiger partial charge in [-0.05, 0) is 19.1 Å². The molecular formula is C18H22F3N3O5S. The molecule has 0 radical (unpaired) electrons. The number of anilines is 1. The lowest BCUT2D eigenvalue weighted by atomic mass is 9.95. The summed E-state index contributed by atoms with van der Waals surface area (Å²) >= 11 is 0.